The molecule has 1 aliphatic rings. The minimum Gasteiger partial charge on any atom is -0.354 e. The molecular weight excluding hydrogens is 404 g/mol. The number of nitrogens with zero attached hydrogens (tertiary/aromatic N) is 2. The van der Waals surface area contributed by atoms with Crippen LogP contribution in [0.3, 0.4) is 0 Å². The summed E-state index contributed by atoms with van der Waals surface area (Å²) in [6, 6.07) is 12.2. The summed E-state index contributed by atoms with van der Waals surface area (Å²) in [6.07, 6.45) is 0.329. The molecular formula is C21H20N4O6. The Kier molecular flexibility index (Phi) is 6.71. The van der Waals surface area contributed by atoms with Gasteiger partial charge in [0.25, 0.3) is 23.4 Å². The van der Waals surface area contributed by atoms with Crippen molar-refractivity contribution in [3.05, 3.63) is 75.3 Å². The summed E-state index contributed by atoms with van der Waals surface area (Å²) in [5.74, 6) is -1.64. The molecule has 10 heteroatoms. The maximum absolute atomic E-state index is 12.4. The molecule has 31 heavy (non-hydrogen) atoms. The molecule has 0 bridgehead atoms. The quantitative estimate of drug-likeness (QED) is 0.271. The number of non-ortho nitro benzene ring substituents is 1. The average molecular weight is 424 g/mol. The summed E-state index contributed by atoms with van der Waals surface area (Å²) < 4.78 is 0. The third kappa shape index (κ3) is 5.10. The molecule has 2 aromatic rings. The molecule has 0 radical (unpaired) electrons. The zero-order valence-corrected chi connectivity index (χ0v) is 16.5. The number of imide groups is 1. The Balaban J connectivity index is 1.39. The molecule has 0 atom stereocenters. The second kappa shape index (κ2) is 9.61. The summed E-state index contributed by atoms with van der Waals surface area (Å²) in [5, 5.41) is 16.2. The van der Waals surface area contributed by atoms with Crippen LogP contribution in [0.5, 0.6) is 0 Å². The number of hydrogen-bond acceptors (Lipinski definition) is 6. The van der Waals surface area contributed by atoms with Crippen molar-refractivity contribution in [1.29, 1.82) is 0 Å². The van der Waals surface area contributed by atoms with Crippen molar-refractivity contribution >= 4 is 29.3 Å². The Labute approximate surface area is 177 Å². The van der Waals surface area contributed by atoms with Crippen molar-refractivity contribution in [1.82, 2.24) is 15.5 Å². The van der Waals surface area contributed by atoms with Crippen LogP contribution in [0.1, 0.15) is 43.9 Å². The predicted molar refractivity (Wildman–Crippen MR) is 109 cm³/mol. The summed E-state index contributed by atoms with van der Waals surface area (Å²) in [5.41, 5.74) is 0.382. The fourth-order valence-corrected chi connectivity index (χ4v) is 3.15. The van der Waals surface area contributed by atoms with E-state index in [0.717, 1.165) is 11.0 Å². The molecule has 0 aromatic heterocycles. The molecule has 0 saturated heterocycles. The molecule has 0 aliphatic carbocycles. The van der Waals surface area contributed by atoms with Crippen LogP contribution in [-0.2, 0) is 4.79 Å². The first kappa shape index (κ1) is 21.6. The number of hydrogen-bond donors (Lipinski definition) is 2. The number of nitro groups is 1. The first-order valence-corrected chi connectivity index (χ1v) is 9.63. The van der Waals surface area contributed by atoms with Crippen LogP contribution in [0, 0.1) is 10.1 Å². The normalized spacial score (nSPS) is 12.5. The highest BCUT2D eigenvalue weighted by atomic mass is 16.6. The lowest BCUT2D eigenvalue weighted by atomic mass is 10.1. The van der Waals surface area contributed by atoms with Crippen molar-refractivity contribution < 1.29 is 24.1 Å². The maximum Gasteiger partial charge on any atom is 0.270 e. The number of benzene rings is 2. The van der Waals surface area contributed by atoms with Crippen LogP contribution in [0.4, 0.5) is 5.69 Å². The number of rotatable bonds is 9. The van der Waals surface area contributed by atoms with Crippen molar-refractivity contribution in [2.45, 2.75) is 12.8 Å². The van der Waals surface area contributed by atoms with Gasteiger partial charge >= 0.3 is 0 Å². The van der Waals surface area contributed by atoms with E-state index in [-0.39, 0.29) is 61.1 Å². The van der Waals surface area contributed by atoms with E-state index in [2.05, 4.69) is 10.6 Å². The fourth-order valence-electron chi connectivity index (χ4n) is 3.15. The third-order valence-corrected chi connectivity index (χ3v) is 4.72. The highest BCUT2D eigenvalue weighted by Gasteiger charge is 2.36. The van der Waals surface area contributed by atoms with E-state index in [1.54, 1.807) is 24.3 Å². The minimum absolute atomic E-state index is 0.00203. The molecule has 160 valence electrons. The number of carbonyl (C=O) groups excluding carboxylic acids is 4. The van der Waals surface area contributed by atoms with Gasteiger partial charge in [0, 0.05) is 43.8 Å². The van der Waals surface area contributed by atoms with Gasteiger partial charge in [0.15, 0.2) is 0 Å². The molecule has 2 N–H and O–H groups in total. The zero-order chi connectivity index (χ0) is 22.4. The van der Waals surface area contributed by atoms with Crippen LogP contribution in [0.2, 0.25) is 0 Å². The van der Waals surface area contributed by atoms with Crippen LogP contribution in [0.15, 0.2) is 48.5 Å². The van der Waals surface area contributed by atoms with Crippen molar-refractivity contribution in [2.24, 2.45) is 0 Å². The second-order valence-corrected chi connectivity index (χ2v) is 6.82. The van der Waals surface area contributed by atoms with Crippen LogP contribution < -0.4 is 10.6 Å². The van der Waals surface area contributed by atoms with E-state index in [4.69, 9.17) is 0 Å². The smallest absolute Gasteiger partial charge is 0.270 e. The molecule has 10 nitrogen and oxygen atoms in total. The first-order chi connectivity index (χ1) is 14.9. The predicted octanol–water partition coefficient (Wildman–Crippen LogP) is 1.52. The van der Waals surface area contributed by atoms with Gasteiger partial charge in [-0.1, -0.05) is 18.2 Å². The van der Waals surface area contributed by atoms with Gasteiger partial charge in [0.1, 0.15) is 0 Å². The topological polar surface area (TPSA) is 139 Å². The van der Waals surface area contributed by atoms with Gasteiger partial charge in [0.2, 0.25) is 5.91 Å². The molecule has 2 aromatic carbocycles. The Morgan fingerprint density at radius 1 is 0.935 bits per heavy atom. The molecule has 0 saturated carbocycles. The van der Waals surface area contributed by atoms with E-state index >= 15 is 0 Å². The van der Waals surface area contributed by atoms with Crippen LogP contribution in [-0.4, -0.2) is 53.1 Å². The van der Waals surface area contributed by atoms with Gasteiger partial charge < -0.3 is 10.6 Å². The Hall–Kier alpha value is -4.08. The van der Waals surface area contributed by atoms with Gasteiger partial charge in [0.05, 0.1) is 16.1 Å². The number of carbonyl (C=O) groups is 4. The van der Waals surface area contributed by atoms with Crippen molar-refractivity contribution in [3.63, 3.8) is 0 Å². The highest BCUT2D eigenvalue weighted by molar-refractivity contribution is 6.21. The third-order valence-electron chi connectivity index (χ3n) is 4.72. The van der Waals surface area contributed by atoms with E-state index in [1.807, 2.05) is 6.07 Å². The molecule has 1 aliphatic heterocycles. The second-order valence-electron chi connectivity index (χ2n) is 6.82. The van der Waals surface area contributed by atoms with E-state index in [0.29, 0.717) is 5.56 Å². The molecule has 0 spiro atoms. The van der Waals surface area contributed by atoms with Crippen LogP contribution >= 0.6 is 0 Å². The molecule has 4 amide bonds. The Bertz CT molecular complexity index is 1040. The minimum atomic E-state index is -0.632. The summed E-state index contributed by atoms with van der Waals surface area (Å²) in [7, 11) is 0. The lowest BCUT2D eigenvalue weighted by molar-refractivity contribution is -0.384. The molecule has 0 unspecified atom stereocenters. The van der Waals surface area contributed by atoms with Crippen molar-refractivity contribution in [3.8, 4) is 0 Å². The van der Waals surface area contributed by atoms with E-state index < -0.39 is 16.7 Å². The largest absolute Gasteiger partial charge is 0.354 e. The van der Waals surface area contributed by atoms with Gasteiger partial charge in [-0.3, -0.25) is 34.2 Å². The standard InChI is InChI=1S/C21H20N4O6/c26-18(22-10-11-23-19(27)14-5-2-1-3-6-14)7-4-12-24-20(28)16-9-8-15(25(30)31)13-17(16)21(24)29/h1-3,5-6,8-9,13H,4,7,10-12H2,(H,22,26)(H,23,27). The molecule has 3 rings (SSSR count). The van der Waals surface area contributed by atoms with Gasteiger partial charge in [-0.25, -0.2) is 0 Å². The van der Waals surface area contributed by atoms with E-state index in [1.165, 1.54) is 12.1 Å². The summed E-state index contributed by atoms with van der Waals surface area (Å²) in [6.45, 7) is 0.531. The average Bonchev–Trinajstić information content (AvgIpc) is 3.01. The van der Waals surface area contributed by atoms with E-state index in [9.17, 15) is 29.3 Å². The summed E-state index contributed by atoms with van der Waals surface area (Å²) >= 11 is 0. The lowest BCUT2D eigenvalue weighted by Crippen LogP contribution is -2.35. The summed E-state index contributed by atoms with van der Waals surface area (Å²) in [4.78, 5) is 59.8. The maximum atomic E-state index is 12.4. The monoisotopic (exact) mass is 424 g/mol. The Morgan fingerprint density at radius 2 is 1.61 bits per heavy atom. The van der Waals surface area contributed by atoms with Gasteiger partial charge in [-0.2, -0.15) is 0 Å². The lowest BCUT2D eigenvalue weighted by Gasteiger charge is -2.13. The number of nitrogens with one attached hydrogen (secondary N) is 2. The zero-order valence-electron chi connectivity index (χ0n) is 16.5. The number of nitro benzene ring substituents is 1. The fraction of sp³-hybridized carbons (Fsp3) is 0.238. The number of fused-ring (bicyclic) bond motifs is 1. The molecule has 1 heterocycles. The van der Waals surface area contributed by atoms with Gasteiger partial charge in [-0.15, -0.1) is 0 Å². The number of amides is 4. The van der Waals surface area contributed by atoms with Crippen molar-refractivity contribution in [2.75, 3.05) is 19.6 Å². The Morgan fingerprint density at radius 3 is 2.32 bits per heavy atom. The van der Waals surface area contributed by atoms with Crippen LogP contribution in [0.25, 0.3) is 0 Å². The highest BCUT2D eigenvalue weighted by Crippen LogP contribution is 2.26. The SMILES string of the molecule is O=C(CCCN1C(=O)c2ccc([N+](=O)[O-])cc2C1=O)NCCNC(=O)c1ccccc1. The first-order valence-electron chi connectivity index (χ1n) is 9.63. The molecule has 0 fully saturated rings. The van der Waals surface area contributed by atoms with Gasteiger partial charge in [-0.05, 0) is 24.6 Å².